The predicted molar refractivity (Wildman–Crippen MR) is 103 cm³/mol. The van der Waals surface area contributed by atoms with Gasteiger partial charge in [-0.05, 0) is 35.7 Å². The van der Waals surface area contributed by atoms with Crippen molar-refractivity contribution in [2.45, 2.75) is 13.5 Å². The van der Waals surface area contributed by atoms with Gasteiger partial charge >= 0.3 is 5.63 Å². The molecule has 128 valence electrons. The van der Waals surface area contributed by atoms with Crippen molar-refractivity contribution in [3.05, 3.63) is 100 Å². The van der Waals surface area contributed by atoms with Gasteiger partial charge in [0.25, 0.3) is 0 Å². The highest BCUT2D eigenvalue weighted by atomic mass is 16.5. The largest absolute Gasteiger partial charge is 0.488 e. The van der Waals surface area contributed by atoms with Crippen molar-refractivity contribution >= 4 is 11.0 Å². The first-order valence-electron chi connectivity index (χ1n) is 8.51. The van der Waals surface area contributed by atoms with Gasteiger partial charge in [0.1, 0.15) is 17.9 Å². The maximum atomic E-state index is 12.1. The highest BCUT2D eigenvalue weighted by Gasteiger charge is 2.14. The zero-order chi connectivity index (χ0) is 17.9. The molecular weight excluding hydrogens is 324 g/mol. The van der Waals surface area contributed by atoms with Crippen molar-refractivity contribution in [2.75, 3.05) is 0 Å². The minimum absolute atomic E-state index is 0.365. The molecule has 26 heavy (non-hydrogen) atoms. The molecule has 0 unspecified atom stereocenters. The predicted octanol–water partition coefficient (Wildman–Crippen LogP) is 5.35. The first-order valence-corrected chi connectivity index (χ1v) is 8.51. The van der Waals surface area contributed by atoms with E-state index in [2.05, 4.69) is 0 Å². The lowest BCUT2D eigenvalue weighted by Crippen LogP contribution is -2.02. The van der Waals surface area contributed by atoms with E-state index in [9.17, 15) is 4.79 Å². The lowest BCUT2D eigenvalue weighted by molar-refractivity contribution is 0.309. The number of ether oxygens (including phenoxy) is 1. The lowest BCUT2D eigenvalue weighted by atomic mass is 10.0. The second-order valence-electron chi connectivity index (χ2n) is 6.26. The normalized spacial score (nSPS) is 10.8. The quantitative estimate of drug-likeness (QED) is 0.470. The number of fused-ring (bicyclic) bond motifs is 1. The Bertz CT molecular complexity index is 1100. The van der Waals surface area contributed by atoms with E-state index < -0.39 is 0 Å². The van der Waals surface area contributed by atoms with E-state index in [1.54, 1.807) is 0 Å². The van der Waals surface area contributed by atoms with E-state index in [0.29, 0.717) is 17.9 Å². The van der Waals surface area contributed by atoms with Crippen LogP contribution in [0.15, 0.2) is 88.1 Å². The van der Waals surface area contributed by atoms with Gasteiger partial charge in [0.2, 0.25) is 0 Å². The third kappa shape index (κ3) is 3.24. The van der Waals surface area contributed by atoms with Crippen molar-refractivity contribution in [1.82, 2.24) is 0 Å². The maximum Gasteiger partial charge on any atom is 0.336 e. The van der Waals surface area contributed by atoms with Gasteiger partial charge in [0.05, 0.1) is 5.39 Å². The Labute approximate surface area is 151 Å². The topological polar surface area (TPSA) is 39.4 Å². The fourth-order valence-electron chi connectivity index (χ4n) is 3.09. The fourth-order valence-corrected chi connectivity index (χ4v) is 3.09. The molecule has 0 radical (unpaired) electrons. The Morgan fingerprint density at radius 2 is 1.58 bits per heavy atom. The highest BCUT2D eigenvalue weighted by molar-refractivity contribution is 5.98. The van der Waals surface area contributed by atoms with Crippen LogP contribution in [0.4, 0.5) is 0 Å². The monoisotopic (exact) mass is 342 g/mol. The summed E-state index contributed by atoms with van der Waals surface area (Å²) >= 11 is 0. The molecule has 1 aromatic heterocycles. The van der Waals surface area contributed by atoms with Crippen LogP contribution < -0.4 is 10.4 Å². The van der Waals surface area contributed by atoms with E-state index in [1.165, 1.54) is 6.07 Å². The maximum absolute atomic E-state index is 12.1. The SMILES string of the molecule is Cc1cc(OCc2ccccc2)c2c(-c3ccccc3)cc(=O)oc2c1. The van der Waals surface area contributed by atoms with E-state index >= 15 is 0 Å². The Kier molecular flexibility index (Phi) is 4.28. The molecule has 0 aliphatic carbocycles. The van der Waals surface area contributed by atoms with Gasteiger partial charge in [-0.3, -0.25) is 0 Å². The molecule has 1 heterocycles. The number of aryl methyl sites for hydroxylation is 1. The molecule has 0 saturated heterocycles. The smallest absolute Gasteiger partial charge is 0.336 e. The molecule has 0 aliphatic heterocycles. The van der Waals surface area contributed by atoms with E-state index in [0.717, 1.165) is 27.6 Å². The molecular formula is C23H18O3. The third-order valence-electron chi connectivity index (χ3n) is 4.27. The summed E-state index contributed by atoms with van der Waals surface area (Å²) in [7, 11) is 0. The van der Waals surface area contributed by atoms with E-state index in [4.69, 9.17) is 9.15 Å². The van der Waals surface area contributed by atoms with Crippen LogP contribution >= 0.6 is 0 Å². The Balaban J connectivity index is 1.87. The zero-order valence-electron chi connectivity index (χ0n) is 14.4. The Morgan fingerprint density at radius 3 is 2.31 bits per heavy atom. The van der Waals surface area contributed by atoms with Crippen LogP contribution in [0, 0.1) is 6.92 Å². The van der Waals surface area contributed by atoms with Gasteiger partial charge < -0.3 is 9.15 Å². The molecule has 0 N–H and O–H groups in total. The average molecular weight is 342 g/mol. The molecule has 0 bridgehead atoms. The minimum Gasteiger partial charge on any atom is -0.488 e. The molecule has 0 fully saturated rings. The number of benzene rings is 3. The van der Waals surface area contributed by atoms with Gasteiger partial charge in [0, 0.05) is 11.6 Å². The molecule has 3 nitrogen and oxygen atoms in total. The van der Waals surface area contributed by atoms with Crippen molar-refractivity contribution < 1.29 is 9.15 Å². The molecule has 3 aromatic carbocycles. The van der Waals surface area contributed by atoms with Crippen LogP contribution in [0.25, 0.3) is 22.1 Å². The van der Waals surface area contributed by atoms with E-state index in [-0.39, 0.29) is 5.63 Å². The van der Waals surface area contributed by atoms with Crippen molar-refractivity contribution in [3.63, 3.8) is 0 Å². The number of hydrogen-bond acceptors (Lipinski definition) is 3. The summed E-state index contributed by atoms with van der Waals surface area (Å²) in [6, 6.07) is 25.2. The zero-order valence-corrected chi connectivity index (χ0v) is 14.4. The van der Waals surface area contributed by atoms with Gasteiger partial charge in [-0.2, -0.15) is 0 Å². The van der Waals surface area contributed by atoms with Crippen LogP contribution in [0.1, 0.15) is 11.1 Å². The van der Waals surface area contributed by atoms with Crippen LogP contribution in [-0.4, -0.2) is 0 Å². The molecule has 0 saturated carbocycles. The Hall–Kier alpha value is -3.33. The van der Waals surface area contributed by atoms with E-state index in [1.807, 2.05) is 79.7 Å². The standard InChI is InChI=1S/C23H18O3/c1-16-12-20(25-15-17-8-4-2-5-9-17)23-19(18-10-6-3-7-11-18)14-22(24)26-21(23)13-16/h2-14H,15H2,1H3. The Morgan fingerprint density at radius 1 is 0.885 bits per heavy atom. The summed E-state index contributed by atoms with van der Waals surface area (Å²) in [5.74, 6) is 0.714. The molecule has 0 spiro atoms. The molecule has 3 heteroatoms. The van der Waals surface area contributed by atoms with Crippen molar-refractivity contribution in [1.29, 1.82) is 0 Å². The highest BCUT2D eigenvalue weighted by Crippen LogP contribution is 2.35. The van der Waals surface area contributed by atoms with Gasteiger partial charge in [-0.1, -0.05) is 60.7 Å². The van der Waals surface area contributed by atoms with Gasteiger partial charge in [-0.15, -0.1) is 0 Å². The van der Waals surface area contributed by atoms with Gasteiger partial charge in [-0.25, -0.2) is 4.79 Å². The van der Waals surface area contributed by atoms with Crippen LogP contribution in [-0.2, 0) is 6.61 Å². The van der Waals surface area contributed by atoms with Crippen LogP contribution in [0.2, 0.25) is 0 Å². The van der Waals surface area contributed by atoms with Gasteiger partial charge in [0.15, 0.2) is 0 Å². The average Bonchev–Trinajstić information content (AvgIpc) is 2.66. The first kappa shape index (κ1) is 16.2. The minimum atomic E-state index is -0.365. The second kappa shape index (κ2) is 6.89. The molecule has 0 atom stereocenters. The first-order chi connectivity index (χ1) is 12.7. The summed E-state index contributed by atoms with van der Waals surface area (Å²) in [6.07, 6.45) is 0. The summed E-state index contributed by atoms with van der Waals surface area (Å²) in [6.45, 7) is 2.41. The summed E-state index contributed by atoms with van der Waals surface area (Å²) < 4.78 is 11.6. The lowest BCUT2D eigenvalue weighted by Gasteiger charge is -2.13. The van der Waals surface area contributed by atoms with Crippen LogP contribution in [0.3, 0.4) is 0 Å². The third-order valence-corrected chi connectivity index (χ3v) is 4.27. The number of rotatable bonds is 4. The number of hydrogen-bond donors (Lipinski definition) is 0. The fraction of sp³-hybridized carbons (Fsp3) is 0.0870. The summed E-state index contributed by atoms with van der Waals surface area (Å²) in [5, 5.41) is 0.817. The van der Waals surface area contributed by atoms with Crippen molar-refractivity contribution in [2.24, 2.45) is 0 Å². The molecule has 0 aliphatic rings. The van der Waals surface area contributed by atoms with Crippen LogP contribution in [0.5, 0.6) is 5.75 Å². The molecule has 0 amide bonds. The summed E-state index contributed by atoms with van der Waals surface area (Å²) in [5.41, 5.74) is 4.02. The second-order valence-corrected chi connectivity index (χ2v) is 6.26. The molecule has 4 aromatic rings. The van der Waals surface area contributed by atoms with Crippen molar-refractivity contribution in [3.8, 4) is 16.9 Å². The summed E-state index contributed by atoms with van der Waals surface area (Å²) in [4.78, 5) is 12.1. The molecule has 4 rings (SSSR count).